The molecule has 100 valence electrons. The van der Waals surface area contributed by atoms with Crippen LogP contribution < -0.4 is 5.32 Å². The standard InChI is InChI=1S/C14H21ClN2O/c1-4-13(5-2)16-14(18)17(3)10-11-6-8-12(15)9-7-11/h6-9,13H,4-5,10H2,1-3H3,(H,16,18). The van der Waals surface area contributed by atoms with E-state index < -0.39 is 0 Å². The van der Waals surface area contributed by atoms with Crippen LogP contribution in [0.5, 0.6) is 0 Å². The van der Waals surface area contributed by atoms with Gasteiger partial charge >= 0.3 is 6.03 Å². The van der Waals surface area contributed by atoms with E-state index in [1.54, 1.807) is 11.9 Å². The summed E-state index contributed by atoms with van der Waals surface area (Å²) in [4.78, 5) is 13.6. The molecule has 1 aromatic carbocycles. The molecule has 0 saturated heterocycles. The number of nitrogens with one attached hydrogen (secondary N) is 1. The van der Waals surface area contributed by atoms with Crippen molar-refractivity contribution in [1.82, 2.24) is 10.2 Å². The fourth-order valence-corrected chi connectivity index (χ4v) is 1.84. The van der Waals surface area contributed by atoms with Crippen molar-refractivity contribution in [3.05, 3.63) is 34.9 Å². The van der Waals surface area contributed by atoms with Gasteiger partial charge in [0.1, 0.15) is 0 Å². The maximum atomic E-state index is 11.9. The van der Waals surface area contributed by atoms with Crippen LogP contribution in [0.1, 0.15) is 32.3 Å². The van der Waals surface area contributed by atoms with Gasteiger partial charge in [-0.25, -0.2) is 4.79 Å². The molecule has 2 amide bonds. The summed E-state index contributed by atoms with van der Waals surface area (Å²) in [6, 6.07) is 7.77. The molecular weight excluding hydrogens is 248 g/mol. The highest BCUT2D eigenvalue weighted by atomic mass is 35.5. The van der Waals surface area contributed by atoms with Gasteiger partial charge in [-0.2, -0.15) is 0 Å². The van der Waals surface area contributed by atoms with Gasteiger partial charge in [-0.05, 0) is 30.5 Å². The van der Waals surface area contributed by atoms with E-state index in [2.05, 4.69) is 19.2 Å². The number of benzene rings is 1. The molecular formula is C14H21ClN2O. The van der Waals surface area contributed by atoms with Gasteiger partial charge in [0.25, 0.3) is 0 Å². The van der Waals surface area contributed by atoms with E-state index >= 15 is 0 Å². The SMILES string of the molecule is CCC(CC)NC(=O)N(C)Cc1ccc(Cl)cc1. The molecule has 3 nitrogen and oxygen atoms in total. The van der Waals surface area contributed by atoms with E-state index in [0.717, 1.165) is 18.4 Å². The highest BCUT2D eigenvalue weighted by Gasteiger charge is 2.12. The first-order chi connectivity index (χ1) is 8.56. The van der Waals surface area contributed by atoms with Gasteiger partial charge in [-0.3, -0.25) is 0 Å². The zero-order chi connectivity index (χ0) is 13.5. The first-order valence-corrected chi connectivity index (χ1v) is 6.70. The fourth-order valence-electron chi connectivity index (χ4n) is 1.71. The van der Waals surface area contributed by atoms with Gasteiger partial charge in [-0.1, -0.05) is 37.6 Å². The fraction of sp³-hybridized carbons (Fsp3) is 0.500. The Morgan fingerprint density at radius 1 is 1.28 bits per heavy atom. The van der Waals surface area contributed by atoms with Gasteiger partial charge in [0.05, 0.1) is 0 Å². The molecule has 0 atom stereocenters. The molecule has 1 aromatic rings. The average Bonchev–Trinajstić information content (AvgIpc) is 2.38. The smallest absolute Gasteiger partial charge is 0.317 e. The number of carbonyl (C=O) groups is 1. The van der Waals surface area contributed by atoms with Crippen LogP contribution in [-0.2, 0) is 6.54 Å². The topological polar surface area (TPSA) is 32.3 Å². The van der Waals surface area contributed by atoms with E-state index in [1.165, 1.54) is 0 Å². The molecule has 18 heavy (non-hydrogen) atoms. The summed E-state index contributed by atoms with van der Waals surface area (Å²) in [5, 5.41) is 3.72. The second-order valence-corrected chi connectivity index (χ2v) is 4.88. The van der Waals surface area contributed by atoms with Gasteiger partial charge in [0.2, 0.25) is 0 Å². The summed E-state index contributed by atoms with van der Waals surface area (Å²) in [5.41, 5.74) is 1.07. The van der Waals surface area contributed by atoms with Crippen LogP contribution in [0.3, 0.4) is 0 Å². The number of carbonyl (C=O) groups excluding carboxylic acids is 1. The van der Waals surface area contributed by atoms with Crippen LogP contribution in [0.15, 0.2) is 24.3 Å². The zero-order valence-corrected chi connectivity index (χ0v) is 12.0. The van der Waals surface area contributed by atoms with Crippen molar-refractivity contribution in [3.63, 3.8) is 0 Å². The minimum atomic E-state index is -0.0290. The predicted octanol–water partition coefficient (Wildman–Crippen LogP) is 3.67. The minimum Gasteiger partial charge on any atom is -0.335 e. The van der Waals surface area contributed by atoms with Crippen molar-refractivity contribution in [3.8, 4) is 0 Å². The Labute approximate surface area is 114 Å². The summed E-state index contributed by atoms with van der Waals surface area (Å²) in [5.74, 6) is 0. The number of hydrogen-bond donors (Lipinski definition) is 1. The largest absolute Gasteiger partial charge is 0.335 e. The Bertz CT molecular complexity index is 374. The molecule has 0 bridgehead atoms. The molecule has 1 N–H and O–H groups in total. The summed E-state index contributed by atoms with van der Waals surface area (Å²) >= 11 is 5.82. The first kappa shape index (κ1) is 14.8. The zero-order valence-electron chi connectivity index (χ0n) is 11.2. The highest BCUT2D eigenvalue weighted by molar-refractivity contribution is 6.30. The molecule has 0 unspecified atom stereocenters. The van der Waals surface area contributed by atoms with Crippen molar-refractivity contribution in [1.29, 1.82) is 0 Å². The summed E-state index contributed by atoms with van der Waals surface area (Å²) in [6.07, 6.45) is 1.91. The molecule has 0 radical (unpaired) electrons. The number of nitrogens with zero attached hydrogens (tertiary/aromatic N) is 1. The third-order valence-electron chi connectivity index (χ3n) is 2.99. The second kappa shape index (κ2) is 7.27. The van der Waals surface area contributed by atoms with Crippen molar-refractivity contribution in [2.24, 2.45) is 0 Å². The second-order valence-electron chi connectivity index (χ2n) is 4.45. The number of amides is 2. The quantitative estimate of drug-likeness (QED) is 0.868. The Balaban J connectivity index is 2.51. The molecule has 1 rings (SSSR count). The lowest BCUT2D eigenvalue weighted by Crippen LogP contribution is -2.42. The lowest BCUT2D eigenvalue weighted by molar-refractivity contribution is 0.202. The van der Waals surface area contributed by atoms with Crippen LogP contribution >= 0.6 is 11.6 Å². The maximum absolute atomic E-state index is 11.9. The molecule has 0 aliphatic heterocycles. The summed E-state index contributed by atoms with van der Waals surface area (Å²) in [7, 11) is 1.80. The maximum Gasteiger partial charge on any atom is 0.317 e. The lowest BCUT2D eigenvalue weighted by Gasteiger charge is -2.22. The Morgan fingerprint density at radius 3 is 2.33 bits per heavy atom. The molecule has 0 aliphatic carbocycles. The van der Waals surface area contributed by atoms with Gasteiger partial charge in [0.15, 0.2) is 0 Å². The molecule has 0 heterocycles. The summed E-state index contributed by atoms with van der Waals surface area (Å²) < 4.78 is 0. The lowest BCUT2D eigenvalue weighted by atomic mass is 10.2. The van der Waals surface area contributed by atoms with Gasteiger partial charge < -0.3 is 10.2 Å². The van der Waals surface area contributed by atoms with Crippen molar-refractivity contribution in [2.75, 3.05) is 7.05 Å². The van der Waals surface area contributed by atoms with E-state index in [9.17, 15) is 4.79 Å². The predicted molar refractivity (Wildman–Crippen MR) is 75.8 cm³/mol. The van der Waals surface area contributed by atoms with Crippen LogP contribution in [-0.4, -0.2) is 24.0 Å². The molecule has 4 heteroatoms. The van der Waals surface area contributed by atoms with E-state index in [0.29, 0.717) is 11.6 Å². The van der Waals surface area contributed by atoms with Crippen LogP contribution in [0, 0.1) is 0 Å². The Hall–Kier alpha value is -1.22. The van der Waals surface area contributed by atoms with Crippen LogP contribution in [0.2, 0.25) is 5.02 Å². The third kappa shape index (κ3) is 4.57. The summed E-state index contributed by atoms with van der Waals surface area (Å²) in [6.45, 7) is 4.74. The van der Waals surface area contributed by atoms with Crippen molar-refractivity contribution >= 4 is 17.6 Å². The van der Waals surface area contributed by atoms with Gasteiger partial charge in [-0.15, -0.1) is 0 Å². The van der Waals surface area contributed by atoms with E-state index in [-0.39, 0.29) is 12.1 Å². The molecule has 0 aromatic heterocycles. The van der Waals surface area contributed by atoms with E-state index in [4.69, 9.17) is 11.6 Å². The van der Waals surface area contributed by atoms with Crippen LogP contribution in [0.4, 0.5) is 4.79 Å². The van der Waals surface area contributed by atoms with E-state index in [1.807, 2.05) is 24.3 Å². The molecule has 0 fully saturated rings. The van der Waals surface area contributed by atoms with Crippen molar-refractivity contribution in [2.45, 2.75) is 39.3 Å². The minimum absolute atomic E-state index is 0.0290. The molecule has 0 saturated carbocycles. The average molecular weight is 269 g/mol. The van der Waals surface area contributed by atoms with Crippen molar-refractivity contribution < 1.29 is 4.79 Å². The molecule has 0 spiro atoms. The first-order valence-electron chi connectivity index (χ1n) is 6.32. The van der Waals surface area contributed by atoms with Gasteiger partial charge in [0, 0.05) is 24.7 Å². The number of rotatable bonds is 5. The number of hydrogen-bond acceptors (Lipinski definition) is 1. The number of urea groups is 1. The van der Waals surface area contributed by atoms with Crippen LogP contribution in [0.25, 0.3) is 0 Å². The third-order valence-corrected chi connectivity index (χ3v) is 3.24. The number of halogens is 1. The highest BCUT2D eigenvalue weighted by Crippen LogP contribution is 2.11. The monoisotopic (exact) mass is 268 g/mol. The molecule has 0 aliphatic rings. The normalized spacial score (nSPS) is 10.5. The Morgan fingerprint density at radius 2 is 1.83 bits per heavy atom. The Kier molecular flexibility index (Phi) is 5.99.